The van der Waals surface area contributed by atoms with E-state index in [1.165, 1.54) is 24.3 Å². The maximum Gasteiger partial charge on any atom is 0.417 e. The standard InChI is InChI=1S/C18H22F3NO/c1-2-22(15-11-7-4-8-12-15)17(23)13-16(18(19,20)21)14-9-5-3-6-10-14/h3,5-6,9-10,13,15H,2,4,7-8,11-12H2,1H3/b16-13-. The van der Waals surface area contributed by atoms with Gasteiger partial charge in [-0.3, -0.25) is 4.79 Å². The van der Waals surface area contributed by atoms with Gasteiger partial charge in [0.15, 0.2) is 0 Å². The average Bonchev–Trinajstić information content (AvgIpc) is 2.54. The third kappa shape index (κ3) is 4.60. The third-order valence-electron chi connectivity index (χ3n) is 4.30. The molecule has 1 fully saturated rings. The van der Waals surface area contributed by atoms with Crippen molar-refractivity contribution in [2.45, 2.75) is 51.2 Å². The van der Waals surface area contributed by atoms with Gasteiger partial charge < -0.3 is 4.90 Å². The average molecular weight is 325 g/mol. The largest absolute Gasteiger partial charge is 0.417 e. The predicted octanol–water partition coefficient (Wildman–Crippen LogP) is 4.81. The number of benzene rings is 1. The molecule has 0 unspecified atom stereocenters. The highest BCUT2D eigenvalue weighted by atomic mass is 19.4. The summed E-state index contributed by atoms with van der Waals surface area (Å²) in [5, 5.41) is 0. The first-order valence-corrected chi connectivity index (χ1v) is 8.08. The molecule has 1 aliphatic carbocycles. The molecule has 1 aromatic rings. The minimum atomic E-state index is -4.55. The molecule has 0 spiro atoms. The van der Waals surface area contributed by atoms with E-state index in [9.17, 15) is 18.0 Å². The van der Waals surface area contributed by atoms with Crippen molar-refractivity contribution in [3.8, 4) is 0 Å². The van der Waals surface area contributed by atoms with Crippen LogP contribution in [0.5, 0.6) is 0 Å². The van der Waals surface area contributed by atoms with E-state index < -0.39 is 17.7 Å². The molecular weight excluding hydrogens is 303 g/mol. The molecule has 0 bridgehead atoms. The second-order valence-electron chi connectivity index (χ2n) is 5.84. The van der Waals surface area contributed by atoms with Gasteiger partial charge in [-0.15, -0.1) is 0 Å². The summed E-state index contributed by atoms with van der Waals surface area (Å²) in [5.74, 6) is -0.546. The number of rotatable bonds is 4. The molecule has 0 N–H and O–H groups in total. The molecule has 0 aliphatic heterocycles. The van der Waals surface area contributed by atoms with Gasteiger partial charge >= 0.3 is 6.18 Å². The Kier molecular flexibility index (Phi) is 5.85. The van der Waals surface area contributed by atoms with Gasteiger partial charge in [0.2, 0.25) is 5.91 Å². The zero-order chi connectivity index (χ0) is 16.9. The minimum absolute atomic E-state index is 0.0213. The normalized spacial score (nSPS) is 17.1. The summed E-state index contributed by atoms with van der Waals surface area (Å²) in [6.07, 6.45) is 1.15. The number of carbonyl (C=O) groups excluding carboxylic acids is 1. The van der Waals surface area contributed by atoms with E-state index >= 15 is 0 Å². The lowest BCUT2D eigenvalue weighted by atomic mass is 9.94. The monoisotopic (exact) mass is 325 g/mol. The number of halogens is 3. The highest BCUT2D eigenvalue weighted by Gasteiger charge is 2.36. The second kappa shape index (κ2) is 7.66. The molecule has 1 aromatic carbocycles. The Morgan fingerprint density at radius 1 is 1.17 bits per heavy atom. The fraction of sp³-hybridized carbons (Fsp3) is 0.500. The molecule has 2 nitrogen and oxygen atoms in total. The van der Waals surface area contributed by atoms with Gasteiger partial charge in [0.25, 0.3) is 0 Å². The van der Waals surface area contributed by atoms with Gasteiger partial charge in [0.1, 0.15) is 0 Å². The molecule has 126 valence electrons. The summed E-state index contributed by atoms with van der Waals surface area (Å²) in [6.45, 7) is 2.25. The van der Waals surface area contributed by atoms with E-state index in [4.69, 9.17) is 0 Å². The van der Waals surface area contributed by atoms with Crippen molar-refractivity contribution in [1.82, 2.24) is 4.90 Å². The summed E-state index contributed by atoms with van der Waals surface area (Å²) < 4.78 is 40.0. The van der Waals surface area contributed by atoms with Gasteiger partial charge in [-0.25, -0.2) is 0 Å². The summed E-state index contributed by atoms with van der Waals surface area (Å²) in [4.78, 5) is 14.0. The van der Waals surface area contributed by atoms with E-state index in [0.29, 0.717) is 6.54 Å². The fourth-order valence-corrected chi connectivity index (χ4v) is 3.14. The molecule has 1 saturated carbocycles. The highest BCUT2D eigenvalue weighted by Crippen LogP contribution is 2.34. The second-order valence-corrected chi connectivity index (χ2v) is 5.84. The van der Waals surface area contributed by atoms with E-state index in [2.05, 4.69) is 0 Å². The molecule has 0 saturated heterocycles. The Morgan fingerprint density at radius 3 is 2.30 bits per heavy atom. The van der Waals surface area contributed by atoms with Gasteiger partial charge in [0, 0.05) is 18.7 Å². The lowest BCUT2D eigenvalue weighted by Crippen LogP contribution is -2.40. The van der Waals surface area contributed by atoms with Crippen LogP contribution in [0.2, 0.25) is 0 Å². The van der Waals surface area contributed by atoms with Crippen LogP contribution in [0, 0.1) is 0 Å². The van der Waals surface area contributed by atoms with Gasteiger partial charge in [-0.05, 0) is 25.3 Å². The van der Waals surface area contributed by atoms with E-state index in [0.717, 1.165) is 38.2 Å². The quantitative estimate of drug-likeness (QED) is 0.727. The molecule has 1 amide bonds. The van der Waals surface area contributed by atoms with Crippen LogP contribution >= 0.6 is 0 Å². The van der Waals surface area contributed by atoms with Crippen LogP contribution in [0.15, 0.2) is 36.4 Å². The van der Waals surface area contributed by atoms with E-state index in [1.54, 1.807) is 11.0 Å². The number of allylic oxidation sites excluding steroid dienone is 1. The van der Waals surface area contributed by atoms with Crippen LogP contribution in [0.25, 0.3) is 5.57 Å². The number of carbonyl (C=O) groups is 1. The lowest BCUT2D eigenvalue weighted by Gasteiger charge is -2.33. The Hall–Kier alpha value is -1.78. The summed E-state index contributed by atoms with van der Waals surface area (Å²) in [5.41, 5.74) is -0.856. The molecule has 5 heteroatoms. The molecule has 23 heavy (non-hydrogen) atoms. The minimum Gasteiger partial charge on any atom is -0.336 e. The fourth-order valence-electron chi connectivity index (χ4n) is 3.14. The third-order valence-corrected chi connectivity index (χ3v) is 4.30. The first-order valence-electron chi connectivity index (χ1n) is 8.08. The number of amides is 1. The first-order chi connectivity index (χ1) is 10.9. The molecule has 0 heterocycles. The van der Waals surface area contributed by atoms with Crippen LogP contribution < -0.4 is 0 Å². The van der Waals surface area contributed by atoms with Crippen molar-refractivity contribution in [2.24, 2.45) is 0 Å². The van der Waals surface area contributed by atoms with Crippen molar-refractivity contribution in [2.75, 3.05) is 6.54 Å². The SMILES string of the molecule is CCN(C(=O)/C=C(/c1ccccc1)C(F)(F)F)C1CCCCC1. The summed E-state index contributed by atoms with van der Waals surface area (Å²) >= 11 is 0. The Balaban J connectivity index is 2.28. The van der Waals surface area contributed by atoms with Crippen molar-refractivity contribution >= 4 is 11.5 Å². The Morgan fingerprint density at radius 2 is 1.78 bits per heavy atom. The number of hydrogen-bond donors (Lipinski definition) is 0. The predicted molar refractivity (Wildman–Crippen MR) is 84.7 cm³/mol. The molecule has 0 aromatic heterocycles. The maximum atomic E-state index is 13.3. The van der Waals surface area contributed by atoms with Crippen LogP contribution in [0.4, 0.5) is 13.2 Å². The first kappa shape index (κ1) is 17.6. The maximum absolute atomic E-state index is 13.3. The van der Waals surface area contributed by atoms with Crippen LogP contribution in [-0.2, 0) is 4.79 Å². The number of alkyl halides is 3. The Labute approximate surface area is 135 Å². The van der Waals surface area contributed by atoms with Gasteiger partial charge in [0.05, 0.1) is 5.57 Å². The lowest BCUT2D eigenvalue weighted by molar-refractivity contribution is -0.129. The zero-order valence-corrected chi connectivity index (χ0v) is 13.3. The molecule has 2 rings (SSSR count). The van der Waals surface area contributed by atoms with Gasteiger partial charge in [-0.2, -0.15) is 13.2 Å². The van der Waals surface area contributed by atoms with E-state index in [1.807, 2.05) is 6.92 Å². The van der Waals surface area contributed by atoms with Crippen molar-refractivity contribution in [1.29, 1.82) is 0 Å². The summed E-state index contributed by atoms with van der Waals surface area (Å²) in [7, 11) is 0. The number of likely N-dealkylation sites (N-methyl/N-ethyl adjacent to an activating group) is 1. The van der Waals surface area contributed by atoms with Crippen molar-refractivity contribution in [3.63, 3.8) is 0 Å². The molecular formula is C18H22F3NO. The van der Waals surface area contributed by atoms with Crippen LogP contribution in [0.3, 0.4) is 0 Å². The molecule has 1 aliphatic rings. The van der Waals surface area contributed by atoms with Crippen molar-refractivity contribution in [3.05, 3.63) is 42.0 Å². The number of hydrogen-bond acceptors (Lipinski definition) is 1. The van der Waals surface area contributed by atoms with Crippen LogP contribution in [0.1, 0.15) is 44.6 Å². The summed E-state index contributed by atoms with van der Waals surface area (Å²) in [6, 6.07) is 7.55. The topological polar surface area (TPSA) is 20.3 Å². The van der Waals surface area contributed by atoms with Crippen LogP contribution in [-0.4, -0.2) is 29.6 Å². The highest BCUT2D eigenvalue weighted by molar-refractivity contribution is 5.96. The Bertz CT molecular complexity index is 545. The van der Waals surface area contributed by atoms with E-state index in [-0.39, 0.29) is 11.6 Å². The zero-order valence-electron chi connectivity index (χ0n) is 13.3. The molecule has 0 radical (unpaired) electrons. The molecule has 0 atom stereocenters. The smallest absolute Gasteiger partial charge is 0.336 e. The van der Waals surface area contributed by atoms with Crippen molar-refractivity contribution < 1.29 is 18.0 Å². The van der Waals surface area contributed by atoms with Gasteiger partial charge in [-0.1, -0.05) is 49.6 Å². The number of nitrogens with zero attached hydrogens (tertiary/aromatic N) is 1.